The maximum atomic E-state index is 14.0. The molecule has 0 atom stereocenters. The van der Waals surface area contributed by atoms with E-state index in [1.54, 1.807) is 28.8 Å². The van der Waals surface area contributed by atoms with Gasteiger partial charge in [-0.1, -0.05) is 42.0 Å². The minimum Gasteiger partial charge on any atom is -0.215 e. The van der Waals surface area contributed by atoms with Crippen molar-refractivity contribution in [1.82, 2.24) is 19.3 Å². The van der Waals surface area contributed by atoms with E-state index in [2.05, 4.69) is 14.8 Å². The van der Waals surface area contributed by atoms with Crippen LogP contribution in [0.15, 0.2) is 53.9 Å². The fraction of sp³-hybridized carbons (Fsp3) is 0.200. The van der Waals surface area contributed by atoms with Crippen LogP contribution in [0.2, 0.25) is 0 Å². The van der Waals surface area contributed by atoms with Crippen LogP contribution in [0.4, 0.5) is 4.39 Å². The van der Waals surface area contributed by atoms with Crippen molar-refractivity contribution < 1.29 is 12.8 Å². The summed E-state index contributed by atoms with van der Waals surface area (Å²) in [4.78, 5) is 5.02. The van der Waals surface area contributed by atoms with E-state index in [-0.39, 0.29) is 18.1 Å². The minimum absolute atomic E-state index is 0.0610. The summed E-state index contributed by atoms with van der Waals surface area (Å²) in [6, 6.07) is 13.8. The highest BCUT2D eigenvalue weighted by atomic mass is 32.2. The van der Waals surface area contributed by atoms with Gasteiger partial charge in [0, 0.05) is 18.3 Å². The standard InChI is InChI=1S/C20H19FN4O2S2/c1-14-5-4-6-15(11-14)13-29(26,27)22-10-9-16-12-28-20-23-19(24-25(16)20)17-7-2-3-8-18(17)21/h2-8,11-12,22H,9-10,13H2,1H3. The first kappa shape index (κ1) is 19.7. The van der Waals surface area contributed by atoms with Gasteiger partial charge in [-0.05, 0) is 24.6 Å². The van der Waals surface area contributed by atoms with Crippen molar-refractivity contribution in [2.45, 2.75) is 19.1 Å². The normalized spacial score (nSPS) is 11.9. The molecule has 2 heterocycles. The molecule has 0 fully saturated rings. The highest BCUT2D eigenvalue weighted by molar-refractivity contribution is 7.88. The summed E-state index contributed by atoms with van der Waals surface area (Å²) in [5.41, 5.74) is 2.93. The zero-order valence-corrected chi connectivity index (χ0v) is 17.3. The van der Waals surface area contributed by atoms with Crippen LogP contribution in [0.3, 0.4) is 0 Å². The number of rotatable bonds is 7. The zero-order chi connectivity index (χ0) is 20.4. The molecule has 4 aromatic rings. The lowest BCUT2D eigenvalue weighted by atomic mass is 10.2. The Hall–Kier alpha value is -2.62. The van der Waals surface area contributed by atoms with Crippen molar-refractivity contribution in [3.8, 4) is 11.4 Å². The second-order valence-electron chi connectivity index (χ2n) is 6.73. The first-order valence-corrected chi connectivity index (χ1v) is 11.6. The number of sulfonamides is 1. The lowest BCUT2D eigenvalue weighted by molar-refractivity contribution is 0.580. The SMILES string of the molecule is Cc1cccc(CS(=O)(=O)NCCc2csc3nc(-c4ccccc4F)nn23)c1. The van der Waals surface area contributed by atoms with E-state index in [1.165, 1.54) is 17.4 Å². The third-order valence-corrected chi connectivity index (χ3v) is 6.63. The number of aryl methyl sites for hydroxylation is 1. The van der Waals surface area contributed by atoms with Gasteiger partial charge in [0.05, 0.1) is 17.0 Å². The molecular formula is C20H19FN4O2S2. The molecule has 6 nitrogen and oxygen atoms in total. The number of nitrogens with zero attached hydrogens (tertiary/aromatic N) is 3. The molecule has 0 radical (unpaired) electrons. The summed E-state index contributed by atoms with van der Waals surface area (Å²) in [5, 5.41) is 6.28. The molecular weight excluding hydrogens is 411 g/mol. The second-order valence-corrected chi connectivity index (χ2v) is 9.37. The van der Waals surface area contributed by atoms with Crippen LogP contribution in [0.25, 0.3) is 16.3 Å². The Bertz CT molecular complexity index is 1260. The van der Waals surface area contributed by atoms with E-state index < -0.39 is 10.0 Å². The quantitative estimate of drug-likeness (QED) is 0.486. The Labute approximate surface area is 172 Å². The number of benzene rings is 2. The largest absolute Gasteiger partial charge is 0.215 e. The van der Waals surface area contributed by atoms with E-state index in [1.807, 2.05) is 30.5 Å². The second kappa shape index (κ2) is 8.02. The highest BCUT2D eigenvalue weighted by Crippen LogP contribution is 2.23. The van der Waals surface area contributed by atoms with Gasteiger partial charge in [0.2, 0.25) is 15.0 Å². The lowest BCUT2D eigenvalue weighted by Crippen LogP contribution is -2.27. The maximum Gasteiger partial charge on any atom is 0.215 e. The van der Waals surface area contributed by atoms with Crippen molar-refractivity contribution in [1.29, 1.82) is 0 Å². The van der Waals surface area contributed by atoms with Crippen molar-refractivity contribution in [3.63, 3.8) is 0 Å². The third-order valence-electron chi connectivity index (χ3n) is 4.41. The summed E-state index contributed by atoms with van der Waals surface area (Å²) in [6.45, 7) is 2.17. The highest BCUT2D eigenvalue weighted by Gasteiger charge is 2.15. The van der Waals surface area contributed by atoms with Crippen molar-refractivity contribution in [2.75, 3.05) is 6.54 Å². The molecule has 4 rings (SSSR count). The smallest absolute Gasteiger partial charge is 0.215 e. The average Bonchev–Trinajstić information content (AvgIpc) is 3.23. The van der Waals surface area contributed by atoms with Crippen LogP contribution >= 0.6 is 11.3 Å². The van der Waals surface area contributed by atoms with Gasteiger partial charge in [0.15, 0.2) is 5.82 Å². The van der Waals surface area contributed by atoms with Crippen molar-refractivity contribution in [2.24, 2.45) is 0 Å². The van der Waals surface area contributed by atoms with Crippen LogP contribution in [-0.4, -0.2) is 29.6 Å². The van der Waals surface area contributed by atoms with Gasteiger partial charge >= 0.3 is 0 Å². The summed E-state index contributed by atoms with van der Waals surface area (Å²) in [5.74, 6) is -0.124. The summed E-state index contributed by atoms with van der Waals surface area (Å²) in [6.07, 6.45) is 0.452. The number of fused-ring (bicyclic) bond motifs is 1. The first-order chi connectivity index (χ1) is 13.9. The molecule has 9 heteroatoms. The van der Waals surface area contributed by atoms with Gasteiger partial charge in [-0.3, -0.25) is 0 Å². The van der Waals surface area contributed by atoms with Crippen LogP contribution in [-0.2, 0) is 22.2 Å². The summed E-state index contributed by atoms with van der Waals surface area (Å²) < 4.78 is 42.9. The number of hydrogen-bond acceptors (Lipinski definition) is 5. The molecule has 0 aliphatic carbocycles. The predicted octanol–water partition coefficient (Wildman–Crippen LogP) is 3.57. The van der Waals surface area contributed by atoms with Crippen molar-refractivity contribution in [3.05, 3.63) is 76.5 Å². The van der Waals surface area contributed by atoms with Gasteiger partial charge in [-0.25, -0.2) is 22.0 Å². The van der Waals surface area contributed by atoms with Crippen LogP contribution in [0.5, 0.6) is 0 Å². The van der Waals surface area contributed by atoms with Gasteiger partial charge in [0.25, 0.3) is 0 Å². The fourth-order valence-electron chi connectivity index (χ4n) is 3.06. The zero-order valence-electron chi connectivity index (χ0n) is 15.7. The first-order valence-electron chi connectivity index (χ1n) is 9.02. The van der Waals surface area contributed by atoms with Gasteiger partial charge in [-0.15, -0.1) is 16.4 Å². The number of aromatic nitrogens is 3. The van der Waals surface area contributed by atoms with Gasteiger partial charge in [-0.2, -0.15) is 4.98 Å². The Morgan fingerprint density at radius 3 is 2.79 bits per heavy atom. The molecule has 0 aliphatic heterocycles. The van der Waals surface area contributed by atoms with Crippen LogP contribution < -0.4 is 4.72 Å². The Balaban J connectivity index is 1.44. The predicted molar refractivity (Wildman–Crippen MR) is 112 cm³/mol. The van der Waals surface area contributed by atoms with E-state index in [4.69, 9.17) is 0 Å². The van der Waals surface area contributed by atoms with Gasteiger partial charge < -0.3 is 0 Å². The molecule has 29 heavy (non-hydrogen) atoms. The Morgan fingerprint density at radius 1 is 1.17 bits per heavy atom. The minimum atomic E-state index is -3.44. The molecule has 0 spiro atoms. The van der Waals surface area contributed by atoms with Crippen molar-refractivity contribution >= 4 is 26.3 Å². The monoisotopic (exact) mass is 430 g/mol. The molecule has 2 aromatic heterocycles. The van der Waals surface area contributed by atoms with E-state index in [0.717, 1.165) is 16.8 Å². The third kappa shape index (κ3) is 4.52. The molecule has 0 saturated carbocycles. The molecule has 0 unspecified atom stereocenters. The van der Waals surface area contributed by atoms with Crippen LogP contribution in [0, 0.1) is 12.7 Å². The van der Waals surface area contributed by atoms with E-state index in [0.29, 0.717) is 22.8 Å². The molecule has 0 amide bonds. The average molecular weight is 431 g/mol. The number of nitrogens with one attached hydrogen (secondary N) is 1. The topological polar surface area (TPSA) is 76.4 Å². The van der Waals surface area contributed by atoms with E-state index >= 15 is 0 Å². The summed E-state index contributed by atoms with van der Waals surface area (Å²) >= 11 is 1.39. The molecule has 150 valence electrons. The van der Waals surface area contributed by atoms with Gasteiger partial charge in [0.1, 0.15) is 5.82 Å². The number of thiazole rings is 1. The Kier molecular flexibility index (Phi) is 5.44. The fourth-order valence-corrected chi connectivity index (χ4v) is 5.05. The molecule has 0 saturated heterocycles. The molecule has 2 aromatic carbocycles. The molecule has 0 bridgehead atoms. The Morgan fingerprint density at radius 2 is 2.00 bits per heavy atom. The lowest BCUT2D eigenvalue weighted by Gasteiger charge is -2.07. The number of halogens is 1. The summed E-state index contributed by atoms with van der Waals surface area (Å²) in [7, 11) is -3.44. The maximum absolute atomic E-state index is 14.0. The van der Waals surface area contributed by atoms with Crippen LogP contribution in [0.1, 0.15) is 16.8 Å². The molecule has 1 N–H and O–H groups in total. The molecule has 0 aliphatic rings. The van der Waals surface area contributed by atoms with E-state index in [9.17, 15) is 12.8 Å². The number of hydrogen-bond donors (Lipinski definition) is 1.